The molecule has 8 nitrogen and oxygen atoms in total. The van der Waals surface area contributed by atoms with Crippen molar-refractivity contribution in [1.29, 1.82) is 0 Å². The quantitative estimate of drug-likeness (QED) is 0.777. The van der Waals surface area contributed by atoms with Gasteiger partial charge in [-0.3, -0.25) is 4.90 Å². The molecule has 2 bridgehead atoms. The molecule has 30 heavy (non-hydrogen) atoms. The number of esters is 2. The van der Waals surface area contributed by atoms with Crippen LogP contribution in [0.4, 0.5) is 10.5 Å². The highest BCUT2D eigenvalue weighted by Gasteiger charge is 2.50. The molecule has 0 unspecified atom stereocenters. The number of anilines is 1. The van der Waals surface area contributed by atoms with Crippen molar-refractivity contribution in [1.82, 2.24) is 5.32 Å². The second kappa shape index (κ2) is 7.37. The summed E-state index contributed by atoms with van der Waals surface area (Å²) in [5.41, 5.74) is 1.20. The number of hydrogen-bond acceptors (Lipinski definition) is 6. The lowest BCUT2D eigenvalue weighted by Gasteiger charge is -2.50. The van der Waals surface area contributed by atoms with Gasteiger partial charge in [0.15, 0.2) is 5.72 Å². The van der Waals surface area contributed by atoms with Gasteiger partial charge in [-0.15, -0.1) is 0 Å². The first-order valence-corrected chi connectivity index (χ1v) is 9.65. The molecule has 0 aliphatic carbocycles. The largest absolute Gasteiger partial charge is 0.467 e. The van der Waals surface area contributed by atoms with E-state index in [1.165, 1.54) is 12.0 Å². The van der Waals surface area contributed by atoms with E-state index < -0.39 is 17.7 Å². The molecule has 1 fully saturated rings. The van der Waals surface area contributed by atoms with Crippen LogP contribution in [0.5, 0.6) is 5.75 Å². The van der Waals surface area contributed by atoms with Gasteiger partial charge in [0.2, 0.25) is 0 Å². The van der Waals surface area contributed by atoms with E-state index in [1.807, 2.05) is 6.92 Å². The number of ether oxygens (including phenoxy) is 3. The van der Waals surface area contributed by atoms with Gasteiger partial charge in [0.1, 0.15) is 5.75 Å². The average Bonchev–Trinajstić information content (AvgIpc) is 2.73. The van der Waals surface area contributed by atoms with Crippen LogP contribution in [0.3, 0.4) is 0 Å². The van der Waals surface area contributed by atoms with Crippen LogP contribution in [0.25, 0.3) is 0 Å². The van der Waals surface area contributed by atoms with Crippen molar-refractivity contribution in [3.05, 3.63) is 59.2 Å². The second-order valence-electron chi connectivity index (χ2n) is 7.33. The Kier molecular flexibility index (Phi) is 4.85. The molecule has 1 saturated heterocycles. The van der Waals surface area contributed by atoms with Crippen molar-refractivity contribution in [3.8, 4) is 5.75 Å². The molecular weight excluding hydrogens is 388 g/mol. The van der Waals surface area contributed by atoms with E-state index in [4.69, 9.17) is 14.2 Å². The fraction of sp³-hybridized carbons (Fsp3) is 0.318. The number of nitrogens with zero attached hydrogens (tertiary/aromatic N) is 1. The molecule has 2 heterocycles. The van der Waals surface area contributed by atoms with Crippen LogP contribution < -0.4 is 15.0 Å². The Morgan fingerprint density at radius 2 is 1.87 bits per heavy atom. The molecular formula is C22H22N2O6. The molecule has 0 spiro atoms. The molecule has 156 valence electrons. The molecule has 0 saturated carbocycles. The van der Waals surface area contributed by atoms with Crippen molar-refractivity contribution in [3.63, 3.8) is 0 Å². The molecule has 2 aromatic rings. The van der Waals surface area contributed by atoms with Gasteiger partial charge >= 0.3 is 18.0 Å². The van der Waals surface area contributed by atoms with Crippen LogP contribution in [-0.2, 0) is 9.47 Å². The fourth-order valence-corrected chi connectivity index (χ4v) is 3.97. The van der Waals surface area contributed by atoms with Crippen LogP contribution in [0.2, 0.25) is 0 Å². The molecule has 1 N–H and O–H groups in total. The lowest BCUT2D eigenvalue weighted by molar-refractivity contribution is 0.0377. The SMILES string of the molecule is CCOC(=O)c1ccc(N2C(=O)N[C@H]3C[C@@]2(C)Oc2ccc(C(=O)OC)cc23)cc1. The van der Waals surface area contributed by atoms with Crippen LogP contribution in [0.15, 0.2) is 42.5 Å². The predicted octanol–water partition coefficient (Wildman–Crippen LogP) is 3.42. The first-order valence-electron chi connectivity index (χ1n) is 9.65. The molecule has 2 atom stereocenters. The Bertz CT molecular complexity index is 1020. The van der Waals surface area contributed by atoms with E-state index in [0.29, 0.717) is 35.6 Å². The maximum atomic E-state index is 13.0. The third-order valence-corrected chi connectivity index (χ3v) is 5.33. The minimum atomic E-state index is -0.932. The average molecular weight is 410 g/mol. The highest BCUT2D eigenvalue weighted by molar-refractivity contribution is 5.96. The standard InChI is InChI=1S/C22H22N2O6/c1-4-29-20(26)13-5-8-15(9-6-13)24-21(27)23-17-12-22(24,2)30-18-10-7-14(11-16(17)18)19(25)28-3/h5-11,17H,4,12H2,1-3H3,(H,23,27)/t17-,22+/m0/s1. The molecule has 4 rings (SSSR count). The first kappa shape index (κ1) is 19.8. The number of hydrogen-bond donors (Lipinski definition) is 1. The van der Waals surface area contributed by atoms with Gasteiger partial charge in [0.25, 0.3) is 0 Å². The Morgan fingerprint density at radius 1 is 1.17 bits per heavy atom. The lowest BCUT2D eigenvalue weighted by atomic mass is 9.89. The van der Waals surface area contributed by atoms with Crippen molar-refractivity contribution >= 4 is 23.7 Å². The van der Waals surface area contributed by atoms with E-state index in [1.54, 1.807) is 49.4 Å². The van der Waals surface area contributed by atoms with Crippen molar-refractivity contribution in [2.45, 2.75) is 32.0 Å². The maximum Gasteiger partial charge on any atom is 0.338 e. The van der Waals surface area contributed by atoms with Crippen molar-refractivity contribution < 1.29 is 28.6 Å². The number of fused-ring (bicyclic) bond motifs is 4. The van der Waals surface area contributed by atoms with Gasteiger partial charge in [-0.25, -0.2) is 14.4 Å². The van der Waals surface area contributed by atoms with Gasteiger partial charge in [-0.1, -0.05) is 0 Å². The van der Waals surface area contributed by atoms with E-state index in [9.17, 15) is 14.4 Å². The third kappa shape index (κ3) is 3.24. The predicted molar refractivity (Wildman–Crippen MR) is 108 cm³/mol. The summed E-state index contributed by atoms with van der Waals surface area (Å²) in [6, 6.07) is 11.0. The smallest absolute Gasteiger partial charge is 0.338 e. The second-order valence-corrected chi connectivity index (χ2v) is 7.33. The summed E-state index contributed by atoms with van der Waals surface area (Å²) in [5, 5.41) is 2.98. The highest BCUT2D eigenvalue weighted by atomic mass is 16.5. The summed E-state index contributed by atoms with van der Waals surface area (Å²) in [7, 11) is 1.32. The highest BCUT2D eigenvalue weighted by Crippen LogP contribution is 2.45. The molecule has 2 amide bonds. The number of nitrogens with one attached hydrogen (secondary N) is 1. The van der Waals surface area contributed by atoms with Gasteiger partial charge in [0, 0.05) is 17.7 Å². The summed E-state index contributed by atoms with van der Waals surface area (Å²) in [6.45, 7) is 3.88. The Hall–Kier alpha value is -3.55. The maximum absolute atomic E-state index is 13.0. The van der Waals surface area contributed by atoms with Gasteiger partial charge in [-0.05, 0) is 56.3 Å². The summed E-state index contributed by atoms with van der Waals surface area (Å²) in [4.78, 5) is 38.3. The number of carbonyl (C=O) groups is 3. The molecule has 8 heteroatoms. The van der Waals surface area contributed by atoms with Gasteiger partial charge in [0.05, 0.1) is 30.9 Å². The summed E-state index contributed by atoms with van der Waals surface area (Å²) in [6.07, 6.45) is 0.482. The normalized spacial score (nSPS) is 21.8. The van der Waals surface area contributed by atoms with Crippen molar-refractivity contribution in [2.75, 3.05) is 18.6 Å². The Balaban J connectivity index is 1.66. The monoisotopic (exact) mass is 410 g/mol. The summed E-state index contributed by atoms with van der Waals surface area (Å²) < 4.78 is 16.0. The number of urea groups is 1. The molecule has 2 aliphatic rings. The van der Waals surface area contributed by atoms with Crippen LogP contribution in [0, 0.1) is 0 Å². The van der Waals surface area contributed by atoms with E-state index in [2.05, 4.69) is 5.32 Å². The molecule has 2 aromatic carbocycles. The van der Waals surface area contributed by atoms with E-state index in [-0.39, 0.29) is 12.1 Å². The molecule has 2 aliphatic heterocycles. The van der Waals surface area contributed by atoms with Crippen LogP contribution >= 0.6 is 0 Å². The zero-order valence-electron chi connectivity index (χ0n) is 16.9. The summed E-state index contributed by atoms with van der Waals surface area (Å²) in [5.74, 6) is -0.270. The zero-order valence-corrected chi connectivity index (χ0v) is 16.9. The third-order valence-electron chi connectivity index (χ3n) is 5.33. The van der Waals surface area contributed by atoms with Crippen molar-refractivity contribution in [2.24, 2.45) is 0 Å². The van der Waals surface area contributed by atoms with Crippen LogP contribution in [0.1, 0.15) is 52.6 Å². The van der Waals surface area contributed by atoms with Gasteiger partial charge in [-0.2, -0.15) is 0 Å². The lowest BCUT2D eigenvalue weighted by Crippen LogP contribution is -2.65. The summed E-state index contributed by atoms with van der Waals surface area (Å²) >= 11 is 0. The Morgan fingerprint density at radius 3 is 2.53 bits per heavy atom. The molecule has 0 aromatic heterocycles. The zero-order chi connectivity index (χ0) is 21.5. The number of rotatable bonds is 4. The number of amides is 2. The fourth-order valence-electron chi connectivity index (χ4n) is 3.97. The van der Waals surface area contributed by atoms with Crippen LogP contribution in [-0.4, -0.2) is 37.4 Å². The molecule has 0 radical (unpaired) electrons. The number of carbonyl (C=O) groups excluding carboxylic acids is 3. The van der Waals surface area contributed by atoms with E-state index >= 15 is 0 Å². The first-order chi connectivity index (χ1) is 14.4. The topological polar surface area (TPSA) is 94.2 Å². The van der Waals surface area contributed by atoms with Gasteiger partial charge < -0.3 is 19.5 Å². The number of benzene rings is 2. The van der Waals surface area contributed by atoms with E-state index in [0.717, 1.165) is 5.56 Å². The number of methoxy groups -OCH3 is 1. The minimum absolute atomic E-state index is 0.291. The minimum Gasteiger partial charge on any atom is -0.467 e. The Labute approximate surface area is 173 Å².